The summed E-state index contributed by atoms with van der Waals surface area (Å²) in [5.41, 5.74) is 1.16. The number of rotatable bonds is 6. The lowest BCUT2D eigenvalue weighted by Gasteiger charge is -2.14. The van der Waals surface area contributed by atoms with Gasteiger partial charge in [0.1, 0.15) is 11.5 Å². The Morgan fingerprint density at radius 1 is 1.22 bits per heavy atom. The molecule has 1 aromatic heterocycles. The molecule has 3 N–H and O–H groups in total. The quantitative estimate of drug-likeness (QED) is 0.520. The van der Waals surface area contributed by atoms with Gasteiger partial charge >= 0.3 is 0 Å². The molecular weight excluding hydrogens is 366 g/mol. The second-order valence-electron chi connectivity index (χ2n) is 5.85. The van der Waals surface area contributed by atoms with E-state index in [-0.39, 0.29) is 16.9 Å². The van der Waals surface area contributed by atoms with Crippen LogP contribution in [0.25, 0.3) is 6.08 Å². The number of ether oxygens (including phenoxy) is 1. The smallest absolute Gasteiger partial charge is 0.250 e. The van der Waals surface area contributed by atoms with Crippen LogP contribution >= 0.6 is 12.2 Å². The average Bonchev–Trinajstić information content (AvgIpc) is 3.14. The number of carbonyl (C=O) groups excluding carboxylic acids is 2. The van der Waals surface area contributed by atoms with Gasteiger partial charge in [0.25, 0.3) is 0 Å². The summed E-state index contributed by atoms with van der Waals surface area (Å²) < 4.78 is 10.4. The predicted octanol–water partition coefficient (Wildman–Crippen LogP) is 3.41. The van der Waals surface area contributed by atoms with E-state index >= 15 is 0 Å². The number of hydrogen-bond donors (Lipinski definition) is 3. The minimum atomic E-state index is -0.392. The number of carbonyl (C=O) groups is 2. The third-order valence-corrected chi connectivity index (χ3v) is 3.62. The standard InChI is InChI=1S/C19H21N3O4S/c1-12(2)18(24)21-15-8-6-13(11-16(15)25-3)20-19(27)22-17(23)9-7-14-5-4-10-26-14/h4-12H,1-3H3,(H,21,24)(H2,20,22,23,27). The molecule has 0 aliphatic carbocycles. The third kappa shape index (κ3) is 6.27. The van der Waals surface area contributed by atoms with Gasteiger partial charge in [0, 0.05) is 23.7 Å². The molecule has 0 aliphatic rings. The van der Waals surface area contributed by atoms with Crippen molar-refractivity contribution in [2.75, 3.05) is 17.7 Å². The van der Waals surface area contributed by atoms with Crippen LogP contribution in [-0.4, -0.2) is 24.0 Å². The molecule has 142 valence electrons. The third-order valence-electron chi connectivity index (χ3n) is 3.42. The number of amides is 2. The fourth-order valence-corrected chi connectivity index (χ4v) is 2.23. The van der Waals surface area contributed by atoms with Crippen molar-refractivity contribution in [3.8, 4) is 5.75 Å². The van der Waals surface area contributed by atoms with E-state index < -0.39 is 5.91 Å². The minimum Gasteiger partial charge on any atom is -0.494 e. The molecule has 0 saturated carbocycles. The summed E-state index contributed by atoms with van der Waals surface area (Å²) >= 11 is 5.13. The number of furan rings is 1. The zero-order valence-electron chi connectivity index (χ0n) is 15.2. The molecule has 0 bridgehead atoms. The molecule has 8 heteroatoms. The van der Waals surface area contributed by atoms with Crippen molar-refractivity contribution in [2.45, 2.75) is 13.8 Å². The van der Waals surface area contributed by atoms with Crippen molar-refractivity contribution in [3.63, 3.8) is 0 Å². The monoisotopic (exact) mass is 387 g/mol. The lowest BCUT2D eigenvalue weighted by atomic mass is 10.2. The largest absolute Gasteiger partial charge is 0.494 e. The molecule has 1 aromatic carbocycles. The summed E-state index contributed by atoms with van der Waals surface area (Å²) in [4.78, 5) is 23.7. The maximum absolute atomic E-state index is 11.9. The predicted molar refractivity (Wildman–Crippen MR) is 109 cm³/mol. The van der Waals surface area contributed by atoms with Gasteiger partial charge in [-0.05, 0) is 42.6 Å². The van der Waals surface area contributed by atoms with Gasteiger partial charge in [-0.15, -0.1) is 0 Å². The molecule has 0 aliphatic heterocycles. The van der Waals surface area contributed by atoms with Crippen LogP contribution in [0.1, 0.15) is 19.6 Å². The lowest BCUT2D eigenvalue weighted by Crippen LogP contribution is -2.32. The van der Waals surface area contributed by atoms with E-state index in [0.29, 0.717) is 22.9 Å². The molecule has 0 spiro atoms. The van der Waals surface area contributed by atoms with Crippen molar-refractivity contribution in [3.05, 3.63) is 48.4 Å². The van der Waals surface area contributed by atoms with Crippen molar-refractivity contribution in [1.29, 1.82) is 0 Å². The molecule has 0 unspecified atom stereocenters. The van der Waals surface area contributed by atoms with Crippen LogP contribution in [0, 0.1) is 5.92 Å². The van der Waals surface area contributed by atoms with Gasteiger partial charge in [0.05, 0.1) is 19.1 Å². The van der Waals surface area contributed by atoms with E-state index in [1.165, 1.54) is 25.5 Å². The Bertz CT molecular complexity index is 845. The molecule has 0 radical (unpaired) electrons. The van der Waals surface area contributed by atoms with Crippen LogP contribution in [0.15, 0.2) is 47.1 Å². The summed E-state index contributed by atoms with van der Waals surface area (Å²) in [5.74, 6) is 0.384. The van der Waals surface area contributed by atoms with Crippen molar-refractivity contribution in [1.82, 2.24) is 5.32 Å². The Morgan fingerprint density at radius 3 is 2.63 bits per heavy atom. The summed E-state index contributed by atoms with van der Waals surface area (Å²) in [6.07, 6.45) is 4.37. The van der Waals surface area contributed by atoms with Crippen LogP contribution in [0.3, 0.4) is 0 Å². The molecule has 2 amide bonds. The zero-order valence-corrected chi connectivity index (χ0v) is 16.1. The topological polar surface area (TPSA) is 92.6 Å². The highest BCUT2D eigenvalue weighted by atomic mass is 32.1. The van der Waals surface area contributed by atoms with Gasteiger partial charge in [-0.1, -0.05) is 13.8 Å². The molecular formula is C19H21N3O4S. The Labute approximate surface area is 162 Å². The number of hydrogen-bond acceptors (Lipinski definition) is 5. The van der Waals surface area contributed by atoms with E-state index in [2.05, 4.69) is 16.0 Å². The normalized spacial score (nSPS) is 10.7. The fourth-order valence-electron chi connectivity index (χ4n) is 2.01. The van der Waals surface area contributed by atoms with Crippen LogP contribution in [0.5, 0.6) is 5.75 Å². The average molecular weight is 387 g/mol. The van der Waals surface area contributed by atoms with Gasteiger partial charge in [-0.3, -0.25) is 14.9 Å². The molecule has 0 saturated heterocycles. The van der Waals surface area contributed by atoms with Crippen molar-refractivity contribution < 1.29 is 18.7 Å². The molecule has 1 heterocycles. The number of anilines is 2. The Morgan fingerprint density at radius 2 is 2.00 bits per heavy atom. The van der Waals surface area contributed by atoms with Crippen molar-refractivity contribution in [2.24, 2.45) is 5.92 Å². The highest BCUT2D eigenvalue weighted by Crippen LogP contribution is 2.28. The van der Waals surface area contributed by atoms with Gasteiger partial charge in [-0.2, -0.15) is 0 Å². The van der Waals surface area contributed by atoms with Gasteiger partial charge < -0.3 is 19.8 Å². The van der Waals surface area contributed by atoms with Crippen LogP contribution in [0.4, 0.5) is 11.4 Å². The highest BCUT2D eigenvalue weighted by molar-refractivity contribution is 7.80. The van der Waals surface area contributed by atoms with Gasteiger partial charge in [0.15, 0.2) is 5.11 Å². The first-order chi connectivity index (χ1) is 12.9. The lowest BCUT2D eigenvalue weighted by molar-refractivity contribution is -0.119. The Balaban J connectivity index is 1.96. The van der Waals surface area contributed by atoms with E-state index in [1.807, 2.05) is 0 Å². The maximum Gasteiger partial charge on any atom is 0.250 e. The van der Waals surface area contributed by atoms with Gasteiger partial charge in [0.2, 0.25) is 11.8 Å². The summed E-state index contributed by atoms with van der Waals surface area (Å²) in [6.45, 7) is 3.61. The SMILES string of the molecule is COc1cc(NC(=S)NC(=O)C=Cc2ccco2)ccc1NC(=O)C(C)C. The Kier molecular flexibility index (Phi) is 7.13. The summed E-state index contributed by atoms with van der Waals surface area (Å²) in [6, 6.07) is 8.54. The number of thiocarbonyl (C=S) groups is 1. The molecule has 0 atom stereocenters. The van der Waals surface area contributed by atoms with E-state index in [0.717, 1.165) is 0 Å². The Hall–Kier alpha value is -3.13. The second kappa shape index (κ2) is 9.54. The fraction of sp³-hybridized carbons (Fsp3) is 0.211. The van der Waals surface area contributed by atoms with Crippen molar-refractivity contribution >= 4 is 46.6 Å². The van der Waals surface area contributed by atoms with Crippen LogP contribution in [-0.2, 0) is 9.59 Å². The van der Waals surface area contributed by atoms with Crippen LogP contribution in [0.2, 0.25) is 0 Å². The van der Waals surface area contributed by atoms with Crippen LogP contribution < -0.4 is 20.7 Å². The second-order valence-corrected chi connectivity index (χ2v) is 6.26. The zero-order chi connectivity index (χ0) is 19.8. The molecule has 7 nitrogen and oxygen atoms in total. The maximum atomic E-state index is 11.9. The van der Waals surface area contributed by atoms with E-state index in [1.54, 1.807) is 44.2 Å². The number of benzene rings is 1. The number of nitrogens with one attached hydrogen (secondary N) is 3. The first kappa shape index (κ1) is 20.2. The summed E-state index contributed by atoms with van der Waals surface area (Å²) in [5, 5.41) is 8.35. The molecule has 0 fully saturated rings. The van der Waals surface area contributed by atoms with E-state index in [9.17, 15) is 9.59 Å². The molecule has 2 rings (SSSR count). The first-order valence-electron chi connectivity index (χ1n) is 8.21. The van der Waals surface area contributed by atoms with Gasteiger partial charge in [-0.25, -0.2) is 0 Å². The minimum absolute atomic E-state index is 0.111. The van der Waals surface area contributed by atoms with E-state index in [4.69, 9.17) is 21.4 Å². The molecule has 27 heavy (non-hydrogen) atoms. The highest BCUT2D eigenvalue weighted by Gasteiger charge is 2.12. The first-order valence-corrected chi connectivity index (χ1v) is 8.62. The number of methoxy groups -OCH3 is 1. The molecule has 2 aromatic rings. The summed E-state index contributed by atoms with van der Waals surface area (Å²) in [7, 11) is 1.50.